The molecule has 188 valence electrons. The summed E-state index contributed by atoms with van der Waals surface area (Å²) >= 11 is 6.69. The number of nitrogens with one attached hydrogen (secondary N) is 1. The molecule has 3 aromatic carbocycles. The van der Waals surface area contributed by atoms with Crippen LogP contribution >= 0.6 is 23.4 Å². The number of hydrogen-bond acceptors (Lipinski definition) is 7. The maximum atomic E-state index is 12.8. The van der Waals surface area contributed by atoms with Crippen LogP contribution < -0.4 is 4.72 Å². The molecular formula is C23H19ClN2O7S3. The SMILES string of the molecule is O=C(O)C(CSCN1C(=O)c2ccccc2S1(=O)=O)NS(=O)(=O)c1ccc(-c2ccc(Cl)cc2)cc1. The Morgan fingerprint density at radius 1 is 1.00 bits per heavy atom. The topological polar surface area (TPSA) is 138 Å². The third-order valence-corrected chi connectivity index (χ3v) is 10.0. The first kappa shape index (κ1) is 26.2. The number of halogens is 1. The molecule has 0 aliphatic carbocycles. The van der Waals surface area contributed by atoms with Crippen LogP contribution in [0.1, 0.15) is 10.4 Å². The van der Waals surface area contributed by atoms with E-state index >= 15 is 0 Å². The van der Waals surface area contributed by atoms with Gasteiger partial charge in [-0.15, -0.1) is 11.8 Å². The van der Waals surface area contributed by atoms with Gasteiger partial charge in [-0.1, -0.05) is 48.0 Å². The quantitative estimate of drug-likeness (QED) is 0.402. The van der Waals surface area contributed by atoms with Crippen molar-refractivity contribution < 1.29 is 31.5 Å². The maximum absolute atomic E-state index is 12.8. The lowest BCUT2D eigenvalue weighted by Gasteiger charge is -2.18. The molecule has 1 atom stereocenters. The Kier molecular flexibility index (Phi) is 7.43. The van der Waals surface area contributed by atoms with Gasteiger partial charge in [0.25, 0.3) is 15.9 Å². The molecule has 3 aromatic rings. The van der Waals surface area contributed by atoms with E-state index in [1.54, 1.807) is 42.5 Å². The normalized spacial score (nSPS) is 15.5. The smallest absolute Gasteiger partial charge is 0.322 e. The molecule has 0 saturated heterocycles. The van der Waals surface area contributed by atoms with Gasteiger partial charge in [0.15, 0.2) is 0 Å². The van der Waals surface area contributed by atoms with Crippen molar-refractivity contribution in [3.63, 3.8) is 0 Å². The molecule has 0 bridgehead atoms. The van der Waals surface area contributed by atoms with Gasteiger partial charge in [0, 0.05) is 10.8 Å². The van der Waals surface area contributed by atoms with E-state index < -0.39 is 38.0 Å². The van der Waals surface area contributed by atoms with Gasteiger partial charge < -0.3 is 5.11 Å². The van der Waals surface area contributed by atoms with Gasteiger partial charge in [-0.25, -0.2) is 21.1 Å². The fourth-order valence-electron chi connectivity index (χ4n) is 3.49. The summed E-state index contributed by atoms with van der Waals surface area (Å²) in [6, 6.07) is 17.1. The van der Waals surface area contributed by atoms with E-state index in [9.17, 15) is 31.5 Å². The number of hydrogen-bond donors (Lipinski definition) is 2. The largest absolute Gasteiger partial charge is 0.480 e. The monoisotopic (exact) mass is 566 g/mol. The van der Waals surface area contributed by atoms with Crippen LogP contribution in [0.25, 0.3) is 11.1 Å². The van der Waals surface area contributed by atoms with E-state index in [2.05, 4.69) is 4.72 Å². The molecule has 0 fully saturated rings. The number of nitrogens with zero attached hydrogens (tertiary/aromatic N) is 1. The number of fused-ring (bicyclic) bond motifs is 1. The number of carbonyl (C=O) groups excluding carboxylic acids is 1. The molecule has 36 heavy (non-hydrogen) atoms. The second-order valence-corrected chi connectivity index (χ2v) is 12.7. The molecule has 13 heteroatoms. The third-order valence-electron chi connectivity index (χ3n) is 5.34. The predicted octanol–water partition coefficient (Wildman–Crippen LogP) is 3.27. The molecule has 9 nitrogen and oxygen atoms in total. The number of rotatable bonds is 9. The molecule has 2 N–H and O–H groups in total. The summed E-state index contributed by atoms with van der Waals surface area (Å²) < 4.78 is 53.6. The van der Waals surface area contributed by atoms with Crippen LogP contribution in [0, 0.1) is 0 Å². The molecule has 0 aromatic heterocycles. The highest BCUT2D eigenvalue weighted by atomic mass is 35.5. The van der Waals surface area contributed by atoms with Gasteiger partial charge in [0.1, 0.15) is 10.9 Å². The number of amides is 1. The van der Waals surface area contributed by atoms with Gasteiger partial charge in [-0.05, 0) is 47.5 Å². The second-order valence-electron chi connectivity index (χ2n) is 7.70. The molecule has 1 aliphatic rings. The molecule has 0 saturated carbocycles. The standard InChI is InChI=1S/C23H19ClN2O7S3/c24-17-9-5-15(6-10-17)16-7-11-18(12-8-16)35(30,31)25-20(23(28)29)13-34-14-26-22(27)19-3-1-2-4-21(19)36(26,32)33/h1-12,20,25H,13-14H2,(H,28,29). The Labute approximate surface area is 217 Å². The molecule has 0 radical (unpaired) electrons. The van der Waals surface area contributed by atoms with Crippen molar-refractivity contribution in [2.75, 3.05) is 11.6 Å². The summed E-state index contributed by atoms with van der Waals surface area (Å²) in [6.45, 7) is 0. The third kappa shape index (κ3) is 5.27. The molecule has 1 unspecified atom stereocenters. The van der Waals surface area contributed by atoms with E-state index in [1.165, 1.54) is 30.3 Å². The highest BCUT2D eigenvalue weighted by molar-refractivity contribution is 8.00. The van der Waals surface area contributed by atoms with E-state index in [1.807, 2.05) is 0 Å². The van der Waals surface area contributed by atoms with Crippen molar-refractivity contribution in [3.8, 4) is 11.1 Å². The number of carboxylic acids is 1. The fourth-order valence-corrected chi connectivity index (χ4v) is 7.78. The van der Waals surface area contributed by atoms with Crippen molar-refractivity contribution in [2.45, 2.75) is 15.8 Å². The first-order valence-electron chi connectivity index (χ1n) is 10.4. The van der Waals surface area contributed by atoms with Crippen LogP contribution in [0.3, 0.4) is 0 Å². The Hall–Kier alpha value is -2.90. The van der Waals surface area contributed by atoms with Gasteiger partial charge in [-0.3, -0.25) is 9.59 Å². The zero-order chi connectivity index (χ0) is 26.1. The van der Waals surface area contributed by atoms with Gasteiger partial charge in [0.05, 0.1) is 16.3 Å². The highest BCUT2D eigenvalue weighted by Crippen LogP contribution is 2.31. The average molecular weight is 567 g/mol. The van der Waals surface area contributed by atoms with E-state index in [-0.39, 0.29) is 27.0 Å². The van der Waals surface area contributed by atoms with Gasteiger partial charge >= 0.3 is 5.97 Å². The lowest BCUT2D eigenvalue weighted by atomic mass is 10.1. The Morgan fingerprint density at radius 3 is 2.17 bits per heavy atom. The minimum atomic E-state index is -4.20. The first-order chi connectivity index (χ1) is 17.0. The molecule has 1 heterocycles. The summed E-state index contributed by atoms with van der Waals surface area (Å²) in [5.41, 5.74) is 1.61. The van der Waals surface area contributed by atoms with E-state index in [0.29, 0.717) is 9.33 Å². The molecule has 0 spiro atoms. The van der Waals surface area contributed by atoms with Crippen LogP contribution in [0.2, 0.25) is 5.02 Å². The maximum Gasteiger partial charge on any atom is 0.322 e. The summed E-state index contributed by atoms with van der Waals surface area (Å²) in [5, 5.41) is 10.1. The minimum Gasteiger partial charge on any atom is -0.480 e. The fraction of sp³-hybridized carbons (Fsp3) is 0.130. The zero-order valence-corrected chi connectivity index (χ0v) is 21.6. The number of sulfonamides is 2. The van der Waals surface area contributed by atoms with Crippen LogP contribution in [0.5, 0.6) is 0 Å². The Bertz CT molecular complexity index is 1520. The van der Waals surface area contributed by atoms with Crippen molar-refractivity contribution in [1.29, 1.82) is 0 Å². The lowest BCUT2D eigenvalue weighted by Crippen LogP contribution is -2.43. The first-order valence-corrected chi connectivity index (χ1v) is 14.8. The molecule has 4 rings (SSSR count). The van der Waals surface area contributed by atoms with Crippen LogP contribution in [-0.2, 0) is 24.8 Å². The number of benzene rings is 3. The van der Waals surface area contributed by atoms with Gasteiger partial charge in [0.2, 0.25) is 10.0 Å². The van der Waals surface area contributed by atoms with Crippen molar-refractivity contribution in [3.05, 3.63) is 83.4 Å². The number of carbonyl (C=O) groups is 2. The van der Waals surface area contributed by atoms with E-state index in [4.69, 9.17) is 11.6 Å². The van der Waals surface area contributed by atoms with Crippen LogP contribution in [0.4, 0.5) is 0 Å². The highest BCUT2D eigenvalue weighted by Gasteiger charge is 2.40. The summed E-state index contributed by atoms with van der Waals surface area (Å²) in [7, 11) is -8.25. The number of carboxylic acid groups (broad SMARTS) is 1. The molecule has 1 aliphatic heterocycles. The summed E-state index contributed by atoms with van der Waals surface area (Å²) in [5.74, 6) is -2.83. The summed E-state index contributed by atoms with van der Waals surface area (Å²) in [6.07, 6.45) is 0. The van der Waals surface area contributed by atoms with Crippen molar-refractivity contribution in [1.82, 2.24) is 9.03 Å². The Balaban J connectivity index is 1.42. The second kappa shape index (κ2) is 10.2. The van der Waals surface area contributed by atoms with Crippen molar-refractivity contribution in [2.24, 2.45) is 0 Å². The average Bonchev–Trinajstić information content (AvgIpc) is 3.04. The number of aliphatic carboxylic acids is 1. The predicted molar refractivity (Wildman–Crippen MR) is 136 cm³/mol. The minimum absolute atomic E-state index is 0.0376. The zero-order valence-electron chi connectivity index (χ0n) is 18.4. The number of thioether (sulfide) groups is 1. The summed E-state index contributed by atoms with van der Waals surface area (Å²) in [4.78, 5) is 24.0. The van der Waals surface area contributed by atoms with Gasteiger partial charge in [-0.2, -0.15) is 4.72 Å². The van der Waals surface area contributed by atoms with Crippen LogP contribution in [-0.4, -0.2) is 55.8 Å². The van der Waals surface area contributed by atoms with Crippen molar-refractivity contribution >= 4 is 55.3 Å². The Morgan fingerprint density at radius 2 is 1.58 bits per heavy atom. The van der Waals surface area contributed by atoms with E-state index in [0.717, 1.165) is 22.9 Å². The van der Waals surface area contributed by atoms with Crippen LogP contribution in [0.15, 0.2) is 82.6 Å². The molecule has 1 amide bonds. The molecular weight excluding hydrogens is 548 g/mol. The lowest BCUT2D eigenvalue weighted by molar-refractivity contribution is -0.138.